The fraction of sp³-hybridized carbons (Fsp3) is 0.500. The Kier molecular flexibility index (Phi) is 4.55. The molecule has 0 aromatic carbocycles. The molecule has 0 aliphatic rings. The van der Waals surface area contributed by atoms with Crippen LogP contribution in [0.25, 0.3) is 0 Å². The fourth-order valence-electron chi connectivity index (χ4n) is 1.18. The summed E-state index contributed by atoms with van der Waals surface area (Å²) in [6.07, 6.45) is 0. The van der Waals surface area contributed by atoms with E-state index in [9.17, 15) is 0 Å². The molecule has 0 unspecified atom stereocenters. The number of halogens is 2. The van der Waals surface area contributed by atoms with E-state index in [0.717, 1.165) is 21.7 Å². The second kappa shape index (κ2) is 5.36. The maximum atomic E-state index is 6.12. The van der Waals surface area contributed by atoms with E-state index in [-0.39, 0.29) is 5.41 Å². The van der Waals surface area contributed by atoms with Crippen LogP contribution >= 0.6 is 27.5 Å². The molecule has 0 amide bonds. The third kappa shape index (κ3) is 3.96. The van der Waals surface area contributed by atoms with E-state index < -0.39 is 0 Å². The van der Waals surface area contributed by atoms with Crippen molar-refractivity contribution in [1.29, 1.82) is 0 Å². The summed E-state index contributed by atoms with van der Waals surface area (Å²) >= 11 is 9.41. The number of aromatic nitrogens is 2. The lowest BCUT2D eigenvalue weighted by atomic mass is 9.95. The average Bonchev–Trinajstić information content (AvgIpc) is 2.18. The third-order valence-corrected chi connectivity index (χ3v) is 2.85. The highest BCUT2D eigenvalue weighted by molar-refractivity contribution is 9.11. The number of hydrogen-bond acceptors (Lipinski definition) is 3. The highest BCUT2D eigenvalue weighted by Crippen LogP contribution is 2.26. The van der Waals surface area contributed by atoms with E-state index in [1.54, 1.807) is 0 Å². The number of anilines is 1. The number of hydrogen-bond donors (Lipinski definition) is 1. The molecular weight excluding hydrogens is 302 g/mol. The zero-order valence-corrected chi connectivity index (χ0v) is 12.9. The summed E-state index contributed by atoms with van der Waals surface area (Å²) in [6, 6.07) is 0. The van der Waals surface area contributed by atoms with Crippen molar-refractivity contribution in [3.8, 4) is 0 Å². The van der Waals surface area contributed by atoms with Gasteiger partial charge in [-0.1, -0.05) is 54.9 Å². The molecule has 1 rings (SSSR count). The van der Waals surface area contributed by atoms with E-state index in [0.29, 0.717) is 11.7 Å². The van der Waals surface area contributed by atoms with Crippen molar-refractivity contribution in [2.45, 2.75) is 33.1 Å². The Balaban J connectivity index is 3.11. The molecule has 0 saturated carbocycles. The van der Waals surface area contributed by atoms with Gasteiger partial charge >= 0.3 is 0 Å². The van der Waals surface area contributed by atoms with Gasteiger partial charge in [0.1, 0.15) is 16.8 Å². The molecule has 1 N–H and O–H groups in total. The summed E-state index contributed by atoms with van der Waals surface area (Å²) in [7, 11) is 0. The second-order valence-corrected chi connectivity index (χ2v) is 6.41. The topological polar surface area (TPSA) is 37.8 Å². The lowest BCUT2D eigenvalue weighted by Gasteiger charge is -2.19. The van der Waals surface area contributed by atoms with Crippen LogP contribution < -0.4 is 5.32 Å². The lowest BCUT2D eigenvalue weighted by molar-refractivity contribution is 0.545. The Morgan fingerprint density at radius 3 is 2.47 bits per heavy atom. The smallest absolute Gasteiger partial charge is 0.137 e. The molecule has 1 aromatic heterocycles. The van der Waals surface area contributed by atoms with Gasteiger partial charge in [-0.15, -0.1) is 0 Å². The van der Waals surface area contributed by atoms with Crippen molar-refractivity contribution in [3.63, 3.8) is 0 Å². The molecule has 17 heavy (non-hydrogen) atoms. The van der Waals surface area contributed by atoms with Gasteiger partial charge in [-0.3, -0.25) is 0 Å². The Morgan fingerprint density at radius 1 is 1.41 bits per heavy atom. The molecule has 0 aliphatic carbocycles. The molecule has 94 valence electrons. The van der Waals surface area contributed by atoms with Gasteiger partial charge in [0.05, 0.1) is 0 Å². The third-order valence-electron chi connectivity index (χ3n) is 2.20. The Labute approximate surface area is 116 Å². The number of rotatable bonds is 3. The van der Waals surface area contributed by atoms with E-state index in [1.807, 2.05) is 6.92 Å². The first-order valence-electron chi connectivity index (χ1n) is 5.33. The standard InChI is InChI=1S/C12H17BrClN3/c1-7(13)6-15-10-8(2)9(14)16-11(17-10)12(3,4)5/h1,6H2,2-5H3,(H,15,16,17). The van der Waals surface area contributed by atoms with Crippen LogP contribution in [0.1, 0.15) is 32.2 Å². The van der Waals surface area contributed by atoms with E-state index in [2.05, 4.69) is 58.6 Å². The van der Waals surface area contributed by atoms with Crippen molar-refractivity contribution in [2.24, 2.45) is 0 Å². The first-order valence-corrected chi connectivity index (χ1v) is 6.50. The molecule has 0 bridgehead atoms. The molecule has 0 fully saturated rings. The largest absolute Gasteiger partial charge is 0.365 e. The van der Waals surface area contributed by atoms with Crippen molar-refractivity contribution in [3.05, 3.63) is 27.6 Å². The van der Waals surface area contributed by atoms with Crippen molar-refractivity contribution in [1.82, 2.24) is 9.97 Å². The summed E-state index contributed by atoms with van der Waals surface area (Å²) in [5.74, 6) is 1.49. The number of nitrogens with one attached hydrogen (secondary N) is 1. The maximum Gasteiger partial charge on any atom is 0.137 e. The predicted molar refractivity (Wildman–Crippen MR) is 77.0 cm³/mol. The minimum Gasteiger partial charge on any atom is -0.365 e. The maximum absolute atomic E-state index is 6.12. The van der Waals surface area contributed by atoms with E-state index in [4.69, 9.17) is 11.6 Å². The van der Waals surface area contributed by atoms with Crippen LogP contribution in [0.5, 0.6) is 0 Å². The zero-order valence-electron chi connectivity index (χ0n) is 10.6. The van der Waals surface area contributed by atoms with Crippen LogP contribution in [0, 0.1) is 6.92 Å². The van der Waals surface area contributed by atoms with Crippen molar-refractivity contribution < 1.29 is 0 Å². The zero-order chi connectivity index (χ0) is 13.2. The summed E-state index contributed by atoms with van der Waals surface area (Å²) < 4.78 is 0.865. The normalized spacial score (nSPS) is 11.4. The Hall–Kier alpha value is -0.610. The van der Waals surface area contributed by atoms with Gasteiger partial charge in [0.15, 0.2) is 0 Å². The van der Waals surface area contributed by atoms with E-state index >= 15 is 0 Å². The molecular formula is C12H17BrClN3. The van der Waals surface area contributed by atoms with Gasteiger partial charge in [-0.25, -0.2) is 9.97 Å². The molecule has 0 radical (unpaired) electrons. The number of nitrogens with zero attached hydrogens (tertiary/aromatic N) is 2. The van der Waals surface area contributed by atoms with Gasteiger partial charge in [-0.05, 0) is 6.92 Å². The summed E-state index contributed by atoms with van der Waals surface area (Å²) in [5, 5.41) is 3.68. The van der Waals surface area contributed by atoms with Gasteiger partial charge < -0.3 is 5.32 Å². The Morgan fingerprint density at radius 2 is 2.00 bits per heavy atom. The molecule has 3 nitrogen and oxygen atoms in total. The van der Waals surface area contributed by atoms with Crippen molar-refractivity contribution in [2.75, 3.05) is 11.9 Å². The van der Waals surface area contributed by atoms with Crippen LogP contribution in [-0.4, -0.2) is 16.5 Å². The SMILES string of the molecule is C=C(Br)CNc1nc(C(C)(C)C)nc(Cl)c1C. The van der Waals surface area contributed by atoms with Crippen molar-refractivity contribution >= 4 is 33.3 Å². The minimum absolute atomic E-state index is 0.126. The molecule has 0 atom stereocenters. The fourth-order valence-corrected chi connectivity index (χ4v) is 1.49. The molecule has 5 heteroatoms. The quantitative estimate of drug-likeness (QED) is 0.854. The summed E-state index contributed by atoms with van der Waals surface area (Å²) in [5.41, 5.74) is 0.729. The van der Waals surface area contributed by atoms with Gasteiger partial charge in [0.2, 0.25) is 0 Å². The minimum atomic E-state index is -0.126. The van der Waals surface area contributed by atoms with Gasteiger partial charge in [-0.2, -0.15) is 0 Å². The first-order chi connectivity index (χ1) is 7.71. The molecule has 1 heterocycles. The molecule has 0 aliphatic heterocycles. The average molecular weight is 319 g/mol. The van der Waals surface area contributed by atoms with Gasteiger partial charge in [0, 0.05) is 22.0 Å². The van der Waals surface area contributed by atoms with E-state index in [1.165, 1.54) is 0 Å². The van der Waals surface area contributed by atoms with Crippen LogP contribution in [0.15, 0.2) is 11.1 Å². The predicted octanol–water partition coefficient (Wildman–Crippen LogP) is 4.06. The Bertz CT molecular complexity index is 438. The monoisotopic (exact) mass is 317 g/mol. The highest BCUT2D eigenvalue weighted by Gasteiger charge is 2.20. The van der Waals surface area contributed by atoms with Crippen LogP contribution in [-0.2, 0) is 5.41 Å². The van der Waals surface area contributed by atoms with Crippen LogP contribution in [0.3, 0.4) is 0 Å². The molecule has 1 aromatic rings. The second-order valence-electron chi connectivity index (χ2n) is 4.93. The molecule has 0 spiro atoms. The summed E-state index contributed by atoms with van der Waals surface area (Å²) in [6.45, 7) is 12.4. The summed E-state index contributed by atoms with van der Waals surface area (Å²) in [4.78, 5) is 8.82. The highest BCUT2D eigenvalue weighted by atomic mass is 79.9. The van der Waals surface area contributed by atoms with Gasteiger partial charge in [0.25, 0.3) is 0 Å². The van der Waals surface area contributed by atoms with Crippen LogP contribution in [0.2, 0.25) is 5.15 Å². The van der Waals surface area contributed by atoms with Crippen LogP contribution in [0.4, 0.5) is 5.82 Å². The first kappa shape index (κ1) is 14.5. The molecule has 0 saturated heterocycles. The lowest BCUT2D eigenvalue weighted by Crippen LogP contribution is -2.18.